The zero-order valence-electron chi connectivity index (χ0n) is 16.5. The number of nitrogens with zero attached hydrogens (tertiary/aromatic N) is 6. The number of aryl methyl sites for hydroxylation is 2. The lowest BCUT2D eigenvalue weighted by molar-refractivity contribution is -0.150. The van der Waals surface area contributed by atoms with Crippen LogP contribution in [0.2, 0.25) is 0 Å². The monoisotopic (exact) mass is 430 g/mol. The van der Waals surface area contributed by atoms with E-state index in [0.717, 1.165) is 0 Å². The van der Waals surface area contributed by atoms with Gasteiger partial charge < -0.3 is 10.6 Å². The van der Waals surface area contributed by atoms with E-state index in [-0.39, 0.29) is 11.6 Å². The molecule has 160 valence electrons. The predicted octanol–water partition coefficient (Wildman–Crippen LogP) is 3.47. The fourth-order valence-electron chi connectivity index (χ4n) is 3.05. The minimum absolute atomic E-state index is 0.0357. The molecule has 0 saturated carbocycles. The second-order valence-corrected chi connectivity index (χ2v) is 6.76. The number of fused-ring (bicyclic) bond motifs is 1. The van der Waals surface area contributed by atoms with Crippen molar-refractivity contribution in [1.29, 1.82) is 0 Å². The van der Waals surface area contributed by atoms with Crippen LogP contribution in [0, 0.1) is 6.92 Å². The molecule has 0 atom stereocenters. The Bertz CT molecular complexity index is 1260. The minimum Gasteiger partial charge on any atom is -0.322 e. The van der Waals surface area contributed by atoms with Crippen LogP contribution in [0.15, 0.2) is 42.7 Å². The Morgan fingerprint density at radius 2 is 1.90 bits per heavy atom. The number of aromatic nitrogens is 6. The standard InChI is InChI=1S/C19H17F3N8O/c1-11-23-12(9-14(24-11)25-16(31)10-19(20,21)22)17-18(26-13-6-8-29(2)28-13)27-15-5-3-4-7-30(15)17/h3-9H,10H2,1-2H3,(H,26,28)(H,23,24,25,31). The highest BCUT2D eigenvalue weighted by Crippen LogP contribution is 2.31. The van der Waals surface area contributed by atoms with Crippen molar-refractivity contribution in [2.24, 2.45) is 7.05 Å². The predicted molar refractivity (Wildman–Crippen MR) is 107 cm³/mol. The van der Waals surface area contributed by atoms with Gasteiger partial charge in [0.15, 0.2) is 11.6 Å². The van der Waals surface area contributed by atoms with E-state index in [9.17, 15) is 18.0 Å². The average molecular weight is 430 g/mol. The summed E-state index contributed by atoms with van der Waals surface area (Å²) in [5, 5.41) is 9.60. The van der Waals surface area contributed by atoms with Gasteiger partial charge in [-0.05, 0) is 19.1 Å². The first-order valence-corrected chi connectivity index (χ1v) is 9.14. The largest absolute Gasteiger partial charge is 0.397 e. The number of alkyl halides is 3. The molecule has 0 aromatic carbocycles. The van der Waals surface area contributed by atoms with Gasteiger partial charge in [0.25, 0.3) is 0 Å². The molecule has 12 heteroatoms. The molecule has 0 spiro atoms. The first-order chi connectivity index (χ1) is 14.7. The highest BCUT2D eigenvalue weighted by molar-refractivity contribution is 5.91. The van der Waals surface area contributed by atoms with Crippen LogP contribution in [0.4, 0.5) is 30.6 Å². The lowest BCUT2D eigenvalue weighted by atomic mass is 10.2. The van der Waals surface area contributed by atoms with Crippen LogP contribution in [-0.4, -0.2) is 41.2 Å². The third kappa shape index (κ3) is 4.63. The molecule has 0 aliphatic carbocycles. The number of hydrogen-bond donors (Lipinski definition) is 2. The molecule has 0 aliphatic rings. The fraction of sp³-hybridized carbons (Fsp3) is 0.211. The highest BCUT2D eigenvalue weighted by atomic mass is 19.4. The molecule has 4 aromatic rings. The van der Waals surface area contributed by atoms with E-state index in [0.29, 0.717) is 28.7 Å². The van der Waals surface area contributed by atoms with E-state index in [1.165, 1.54) is 6.07 Å². The maximum atomic E-state index is 12.5. The molecular weight excluding hydrogens is 413 g/mol. The molecule has 0 aliphatic heterocycles. The van der Waals surface area contributed by atoms with Gasteiger partial charge in [-0.15, -0.1) is 0 Å². The van der Waals surface area contributed by atoms with E-state index in [2.05, 4.69) is 30.7 Å². The van der Waals surface area contributed by atoms with Gasteiger partial charge in [-0.2, -0.15) is 18.3 Å². The lowest BCUT2D eigenvalue weighted by Crippen LogP contribution is -2.21. The zero-order valence-corrected chi connectivity index (χ0v) is 16.5. The topological polar surface area (TPSA) is 102 Å². The summed E-state index contributed by atoms with van der Waals surface area (Å²) >= 11 is 0. The molecule has 1 amide bonds. The van der Waals surface area contributed by atoms with Crippen molar-refractivity contribution in [1.82, 2.24) is 29.1 Å². The highest BCUT2D eigenvalue weighted by Gasteiger charge is 2.31. The molecule has 0 saturated heterocycles. The Balaban J connectivity index is 1.76. The van der Waals surface area contributed by atoms with Crippen LogP contribution in [0.25, 0.3) is 17.0 Å². The van der Waals surface area contributed by atoms with Gasteiger partial charge in [-0.1, -0.05) is 6.07 Å². The van der Waals surface area contributed by atoms with Crippen molar-refractivity contribution in [2.45, 2.75) is 19.5 Å². The maximum Gasteiger partial charge on any atom is 0.397 e. The molecule has 9 nitrogen and oxygen atoms in total. The number of carbonyl (C=O) groups is 1. The molecule has 4 aromatic heterocycles. The minimum atomic E-state index is -4.61. The summed E-state index contributed by atoms with van der Waals surface area (Å²) in [6.07, 6.45) is -2.68. The van der Waals surface area contributed by atoms with Crippen molar-refractivity contribution in [2.75, 3.05) is 10.6 Å². The van der Waals surface area contributed by atoms with Crippen molar-refractivity contribution in [3.63, 3.8) is 0 Å². The number of amides is 1. The number of anilines is 3. The first-order valence-electron chi connectivity index (χ1n) is 9.14. The Hall–Kier alpha value is -3.96. The number of halogens is 3. The second kappa shape index (κ2) is 7.70. The quantitative estimate of drug-likeness (QED) is 0.503. The van der Waals surface area contributed by atoms with Crippen LogP contribution >= 0.6 is 0 Å². The molecule has 2 N–H and O–H groups in total. The Morgan fingerprint density at radius 1 is 1.10 bits per heavy atom. The number of carbonyl (C=O) groups excluding carboxylic acids is 1. The number of rotatable bonds is 5. The van der Waals surface area contributed by atoms with Crippen LogP contribution in [-0.2, 0) is 11.8 Å². The number of hydrogen-bond acceptors (Lipinski definition) is 6. The summed E-state index contributed by atoms with van der Waals surface area (Å²) in [7, 11) is 1.78. The third-order valence-corrected chi connectivity index (χ3v) is 4.20. The van der Waals surface area contributed by atoms with Gasteiger partial charge in [-0.25, -0.2) is 15.0 Å². The number of pyridine rings is 1. The Kier molecular flexibility index (Phi) is 5.05. The normalized spacial score (nSPS) is 11.6. The number of nitrogens with one attached hydrogen (secondary N) is 2. The van der Waals surface area contributed by atoms with Crippen molar-refractivity contribution < 1.29 is 18.0 Å². The Morgan fingerprint density at radius 3 is 2.61 bits per heavy atom. The second-order valence-electron chi connectivity index (χ2n) is 6.76. The summed E-state index contributed by atoms with van der Waals surface area (Å²) in [4.78, 5) is 24.7. The van der Waals surface area contributed by atoms with Gasteiger partial charge in [0.1, 0.15) is 29.4 Å². The zero-order chi connectivity index (χ0) is 22.2. The van der Waals surface area contributed by atoms with Gasteiger partial charge in [0, 0.05) is 31.6 Å². The smallest absolute Gasteiger partial charge is 0.322 e. The number of imidazole rings is 1. The summed E-state index contributed by atoms with van der Waals surface area (Å²) in [5.41, 5.74) is 1.53. The molecule has 0 fully saturated rings. The van der Waals surface area contributed by atoms with E-state index < -0.39 is 18.5 Å². The van der Waals surface area contributed by atoms with E-state index >= 15 is 0 Å². The van der Waals surface area contributed by atoms with Crippen molar-refractivity contribution >= 4 is 29.0 Å². The molecule has 31 heavy (non-hydrogen) atoms. The van der Waals surface area contributed by atoms with Crippen LogP contribution in [0.5, 0.6) is 0 Å². The fourth-order valence-corrected chi connectivity index (χ4v) is 3.05. The molecule has 0 unspecified atom stereocenters. The molecule has 4 heterocycles. The third-order valence-electron chi connectivity index (χ3n) is 4.20. The SMILES string of the molecule is Cc1nc(NC(=O)CC(F)(F)F)cc(-c2c(Nc3ccn(C)n3)nc3ccccn23)n1. The van der Waals surface area contributed by atoms with Crippen molar-refractivity contribution in [3.8, 4) is 11.4 Å². The van der Waals surface area contributed by atoms with Crippen LogP contribution < -0.4 is 10.6 Å². The van der Waals surface area contributed by atoms with Crippen LogP contribution in [0.1, 0.15) is 12.2 Å². The van der Waals surface area contributed by atoms with E-state index in [4.69, 9.17) is 0 Å². The average Bonchev–Trinajstić information content (AvgIpc) is 3.22. The van der Waals surface area contributed by atoms with E-state index in [1.54, 1.807) is 47.6 Å². The molecule has 4 rings (SSSR count). The first kappa shape index (κ1) is 20.3. The van der Waals surface area contributed by atoms with Crippen LogP contribution in [0.3, 0.4) is 0 Å². The maximum absolute atomic E-state index is 12.5. The van der Waals surface area contributed by atoms with Gasteiger partial charge in [0.2, 0.25) is 5.91 Å². The molecular formula is C19H17F3N8O. The van der Waals surface area contributed by atoms with E-state index in [1.807, 2.05) is 12.1 Å². The molecule has 0 bridgehead atoms. The van der Waals surface area contributed by atoms with Crippen molar-refractivity contribution in [3.05, 3.63) is 48.5 Å². The van der Waals surface area contributed by atoms with Gasteiger partial charge in [0.05, 0.1) is 5.69 Å². The lowest BCUT2D eigenvalue weighted by Gasteiger charge is -2.10. The summed E-state index contributed by atoms with van der Waals surface area (Å²) < 4.78 is 40.9. The molecule has 0 radical (unpaired) electrons. The summed E-state index contributed by atoms with van der Waals surface area (Å²) in [6, 6.07) is 8.60. The summed E-state index contributed by atoms with van der Waals surface area (Å²) in [6.45, 7) is 1.58. The Labute approximate surface area is 174 Å². The van der Waals surface area contributed by atoms with Gasteiger partial charge >= 0.3 is 6.18 Å². The van der Waals surface area contributed by atoms with Gasteiger partial charge in [-0.3, -0.25) is 13.9 Å². The summed E-state index contributed by atoms with van der Waals surface area (Å²) in [5.74, 6) is 0.0228.